The van der Waals surface area contributed by atoms with Crippen LogP contribution in [0.1, 0.15) is 33.1 Å². The summed E-state index contributed by atoms with van der Waals surface area (Å²) in [5.74, 6) is 0.298. The third-order valence-electron chi connectivity index (χ3n) is 5.91. The molecule has 0 bridgehead atoms. The first-order valence-corrected chi connectivity index (χ1v) is 12.2. The van der Waals surface area contributed by atoms with Crippen LogP contribution in [0.25, 0.3) is 0 Å². The summed E-state index contributed by atoms with van der Waals surface area (Å²) in [5, 5.41) is 9.64. The van der Waals surface area contributed by atoms with E-state index in [0.29, 0.717) is 11.0 Å². The minimum Gasteiger partial charge on any atom is -0.487 e. The number of hydrogen-bond donors (Lipinski definition) is 1. The number of fused-ring (bicyclic) bond motifs is 1. The summed E-state index contributed by atoms with van der Waals surface area (Å²) < 4.78 is 34.8. The molecule has 1 aromatic carbocycles. The third-order valence-corrected chi connectivity index (χ3v) is 8.43. The molecule has 7 nitrogen and oxygen atoms in total. The number of aliphatic hydroxyl groups is 1. The van der Waals surface area contributed by atoms with E-state index in [0.717, 1.165) is 19.3 Å². The highest BCUT2D eigenvalue weighted by Gasteiger charge is 2.39. The largest absolute Gasteiger partial charge is 0.487 e. The fraction of sp³-hybridized carbons (Fsp3) is 0.650. The van der Waals surface area contributed by atoms with Crippen LogP contribution in [0.3, 0.4) is 0 Å². The van der Waals surface area contributed by atoms with E-state index in [9.17, 15) is 18.3 Å². The molecule has 1 aliphatic carbocycles. The van der Waals surface area contributed by atoms with Crippen molar-refractivity contribution in [2.75, 3.05) is 26.7 Å². The zero-order valence-electron chi connectivity index (χ0n) is 17.0. The summed E-state index contributed by atoms with van der Waals surface area (Å²) in [7, 11) is -2.05. The van der Waals surface area contributed by atoms with Gasteiger partial charge in [-0.15, -0.1) is 0 Å². The Bertz CT molecular complexity index is 858. The minimum atomic E-state index is -3.83. The Hall–Kier alpha value is -1.16. The van der Waals surface area contributed by atoms with Gasteiger partial charge in [-0.2, -0.15) is 4.31 Å². The summed E-state index contributed by atoms with van der Waals surface area (Å²) in [6.45, 7) is 3.91. The summed E-state index contributed by atoms with van der Waals surface area (Å²) in [6, 6.07) is 4.26. The first kappa shape index (κ1) is 22.5. The Morgan fingerprint density at radius 2 is 2.10 bits per heavy atom. The van der Waals surface area contributed by atoms with Gasteiger partial charge in [0.25, 0.3) is 0 Å². The van der Waals surface area contributed by atoms with Gasteiger partial charge in [0.1, 0.15) is 16.7 Å². The van der Waals surface area contributed by atoms with Crippen LogP contribution in [0.5, 0.6) is 5.75 Å². The van der Waals surface area contributed by atoms with Gasteiger partial charge < -0.3 is 14.7 Å². The van der Waals surface area contributed by atoms with Crippen LogP contribution in [-0.4, -0.2) is 67.5 Å². The number of ether oxygens (including phenoxy) is 1. The van der Waals surface area contributed by atoms with Crippen LogP contribution >= 0.6 is 15.9 Å². The predicted octanol–water partition coefficient (Wildman–Crippen LogP) is 2.48. The Kier molecular flexibility index (Phi) is 6.92. The monoisotopic (exact) mass is 488 g/mol. The second-order valence-electron chi connectivity index (χ2n) is 8.18. The zero-order chi connectivity index (χ0) is 21.3. The standard InChI is InChI=1S/C20H29BrN2O5S/c1-13-10-23(14(2)12-24)29(26,27)19-8-7-16(21)9-17(19)28-18(13)11-22(3)20(25)15-5-4-6-15/h7-9,13-15,18,24H,4-6,10-12H2,1-3H3/t13-,14+,18+/m1/s1. The lowest BCUT2D eigenvalue weighted by Crippen LogP contribution is -2.50. The lowest BCUT2D eigenvalue weighted by atomic mass is 9.84. The SMILES string of the molecule is C[C@@H]1CN([C@@H](C)CO)S(=O)(=O)c2ccc(Br)cc2O[C@H]1CN(C)C(=O)C1CCC1. The predicted molar refractivity (Wildman–Crippen MR) is 113 cm³/mol. The molecule has 0 aromatic heterocycles. The maximum Gasteiger partial charge on any atom is 0.247 e. The molecule has 0 saturated heterocycles. The van der Waals surface area contributed by atoms with Crippen LogP contribution < -0.4 is 4.74 Å². The lowest BCUT2D eigenvalue weighted by molar-refractivity contribution is -0.138. The second-order valence-corrected chi connectivity index (χ2v) is 11.0. The van der Waals surface area contributed by atoms with Gasteiger partial charge in [-0.3, -0.25) is 4.79 Å². The molecule has 1 aromatic rings. The van der Waals surface area contributed by atoms with Crippen molar-refractivity contribution in [3.63, 3.8) is 0 Å². The average molecular weight is 489 g/mol. The maximum atomic E-state index is 13.3. The van der Waals surface area contributed by atoms with E-state index in [-0.39, 0.29) is 47.6 Å². The number of hydrogen-bond acceptors (Lipinski definition) is 5. The molecule has 0 spiro atoms. The molecule has 29 heavy (non-hydrogen) atoms. The minimum absolute atomic E-state index is 0.0749. The van der Waals surface area contributed by atoms with E-state index in [1.807, 2.05) is 6.92 Å². The zero-order valence-corrected chi connectivity index (χ0v) is 19.4. The van der Waals surface area contributed by atoms with Gasteiger partial charge in [0.05, 0.1) is 13.2 Å². The molecule has 9 heteroatoms. The van der Waals surface area contributed by atoms with Gasteiger partial charge in [0, 0.05) is 35.9 Å². The van der Waals surface area contributed by atoms with E-state index in [1.54, 1.807) is 31.0 Å². The fourth-order valence-corrected chi connectivity index (χ4v) is 5.91. The topological polar surface area (TPSA) is 87.2 Å². The molecular weight excluding hydrogens is 460 g/mol. The number of likely N-dealkylation sites (N-methyl/N-ethyl adjacent to an activating group) is 1. The highest BCUT2D eigenvalue weighted by Crippen LogP contribution is 2.35. The fourth-order valence-electron chi connectivity index (χ4n) is 3.74. The number of carbonyl (C=O) groups is 1. The van der Waals surface area contributed by atoms with Gasteiger partial charge in [-0.05, 0) is 38.0 Å². The molecule has 1 saturated carbocycles. The van der Waals surface area contributed by atoms with Crippen LogP contribution in [0.4, 0.5) is 0 Å². The quantitative estimate of drug-likeness (QED) is 0.687. The maximum absolute atomic E-state index is 13.3. The molecule has 3 rings (SSSR count). The van der Waals surface area contributed by atoms with Crippen molar-refractivity contribution in [3.05, 3.63) is 22.7 Å². The first-order chi connectivity index (χ1) is 13.6. The molecule has 3 atom stereocenters. The van der Waals surface area contributed by atoms with Gasteiger partial charge in [-0.1, -0.05) is 29.3 Å². The van der Waals surface area contributed by atoms with Gasteiger partial charge >= 0.3 is 0 Å². The molecular formula is C20H29BrN2O5S. The highest BCUT2D eigenvalue weighted by molar-refractivity contribution is 9.10. The second kappa shape index (κ2) is 8.91. The van der Waals surface area contributed by atoms with Crippen LogP contribution in [0.15, 0.2) is 27.6 Å². The number of sulfonamides is 1. The van der Waals surface area contributed by atoms with Crippen molar-refractivity contribution in [2.24, 2.45) is 11.8 Å². The molecule has 1 fully saturated rings. The number of aliphatic hydroxyl groups excluding tert-OH is 1. The third kappa shape index (κ3) is 4.62. The number of carbonyl (C=O) groups excluding carboxylic acids is 1. The van der Waals surface area contributed by atoms with Gasteiger partial charge in [-0.25, -0.2) is 8.42 Å². The van der Waals surface area contributed by atoms with Crippen LogP contribution in [-0.2, 0) is 14.8 Å². The van der Waals surface area contributed by atoms with Crippen LogP contribution in [0.2, 0.25) is 0 Å². The number of benzene rings is 1. The normalized spacial score (nSPS) is 25.7. The molecule has 162 valence electrons. The van der Waals surface area contributed by atoms with E-state index >= 15 is 0 Å². The first-order valence-electron chi connectivity index (χ1n) is 9.99. The molecule has 1 aliphatic heterocycles. The van der Waals surface area contributed by atoms with Crippen molar-refractivity contribution in [1.29, 1.82) is 0 Å². The molecule has 0 radical (unpaired) electrons. The van der Waals surface area contributed by atoms with Crippen molar-refractivity contribution in [1.82, 2.24) is 9.21 Å². The van der Waals surface area contributed by atoms with Crippen molar-refractivity contribution >= 4 is 31.9 Å². The summed E-state index contributed by atoms with van der Waals surface area (Å²) in [4.78, 5) is 14.4. The Morgan fingerprint density at radius 1 is 1.41 bits per heavy atom. The van der Waals surface area contributed by atoms with E-state index < -0.39 is 16.1 Å². The Morgan fingerprint density at radius 3 is 2.69 bits per heavy atom. The van der Waals surface area contributed by atoms with E-state index in [4.69, 9.17) is 4.74 Å². The molecule has 2 aliphatic rings. The summed E-state index contributed by atoms with van der Waals surface area (Å²) >= 11 is 3.38. The molecule has 0 unspecified atom stereocenters. The number of halogens is 1. The number of rotatable bonds is 5. The molecule has 1 amide bonds. The summed E-state index contributed by atoms with van der Waals surface area (Å²) in [5.41, 5.74) is 0. The Balaban J connectivity index is 1.95. The van der Waals surface area contributed by atoms with Gasteiger partial charge in [0.15, 0.2) is 0 Å². The number of amides is 1. The Labute approximate surface area is 181 Å². The highest BCUT2D eigenvalue weighted by atomic mass is 79.9. The van der Waals surface area contributed by atoms with E-state index in [2.05, 4.69) is 15.9 Å². The molecule has 1 N–H and O–H groups in total. The van der Waals surface area contributed by atoms with Crippen molar-refractivity contribution in [2.45, 2.75) is 50.2 Å². The van der Waals surface area contributed by atoms with Crippen molar-refractivity contribution < 1.29 is 23.1 Å². The molecule has 1 heterocycles. The summed E-state index contributed by atoms with van der Waals surface area (Å²) in [6.07, 6.45) is 2.58. The van der Waals surface area contributed by atoms with Crippen molar-refractivity contribution in [3.8, 4) is 5.75 Å². The van der Waals surface area contributed by atoms with E-state index in [1.165, 1.54) is 10.4 Å². The van der Waals surface area contributed by atoms with Gasteiger partial charge in [0.2, 0.25) is 15.9 Å². The smallest absolute Gasteiger partial charge is 0.247 e. The lowest BCUT2D eigenvalue weighted by Gasteiger charge is -2.38. The number of nitrogens with zero attached hydrogens (tertiary/aromatic N) is 2. The van der Waals surface area contributed by atoms with Crippen LogP contribution in [0, 0.1) is 11.8 Å². The average Bonchev–Trinajstić information content (AvgIpc) is 2.62.